The number of rotatable bonds is 2. The van der Waals surface area contributed by atoms with Crippen molar-refractivity contribution in [1.29, 1.82) is 0 Å². The number of hydrogen-bond acceptors (Lipinski definition) is 1. The van der Waals surface area contributed by atoms with Crippen LogP contribution in [0, 0.1) is 5.92 Å². The van der Waals surface area contributed by atoms with Crippen LogP contribution < -0.4 is 4.57 Å². The van der Waals surface area contributed by atoms with Gasteiger partial charge in [-0.2, -0.15) is 4.57 Å². The predicted octanol–water partition coefficient (Wildman–Crippen LogP) is 2.81. The highest BCUT2D eigenvalue weighted by Gasteiger charge is 2.18. The molecule has 0 spiro atoms. The van der Waals surface area contributed by atoms with Crippen LogP contribution in [0.5, 0.6) is 0 Å². The number of pyridine rings is 1. The molecular formula is C14H19N2O+. The van der Waals surface area contributed by atoms with E-state index < -0.39 is 0 Å². The Morgan fingerprint density at radius 3 is 2.53 bits per heavy atom. The summed E-state index contributed by atoms with van der Waals surface area (Å²) in [4.78, 5) is 12.1. The number of nitrogens with zero attached hydrogens (tertiary/aromatic N) is 2. The van der Waals surface area contributed by atoms with Crippen LogP contribution in [0.3, 0.4) is 0 Å². The fourth-order valence-corrected chi connectivity index (χ4v) is 2.05. The van der Waals surface area contributed by atoms with Crippen molar-refractivity contribution in [3.05, 3.63) is 30.6 Å². The second-order valence-corrected chi connectivity index (χ2v) is 4.96. The van der Waals surface area contributed by atoms with E-state index in [9.17, 15) is 4.79 Å². The van der Waals surface area contributed by atoms with E-state index in [-0.39, 0.29) is 11.8 Å². The second-order valence-electron chi connectivity index (χ2n) is 4.96. The molecule has 0 amide bonds. The maximum atomic E-state index is 12.1. The van der Waals surface area contributed by atoms with Crippen LogP contribution >= 0.6 is 0 Å². The predicted molar refractivity (Wildman–Crippen MR) is 68.0 cm³/mol. The van der Waals surface area contributed by atoms with Crippen LogP contribution in [-0.2, 0) is 0 Å². The van der Waals surface area contributed by atoms with E-state index in [0.29, 0.717) is 6.04 Å². The molecule has 0 atom stereocenters. The number of carbonyl (C=O) groups is 1. The molecular weight excluding hydrogens is 212 g/mol. The molecule has 3 heteroatoms. The molecule has 0 aliphatic rings. The van der Waals surface area contributed by atoms with Gasteiger partial charge in [0.1, 0.15) is 5.52 Å². The lowest BCUT2D eigenvalue weighted by atomic mass is 10.2. The highest BCUT2D eigenvalue weighted by molar-refractivity contribution is 5.90. The molecule has 0 fully saturated rings. The van der Waals surface area contributed by atoms with Crippen LogP contribution in [0.15, 0.2) is 30.6 Å². The van der Waals surface area contributed by atoms with Crippen molar-refractivity contribution in [1.82, 2.24) is 4.57 Å². The minimum Gasteiger partial charge on any atom is -0.281 e. The van der Waals surface area contributed by atoms with Crippen molar-refractivity contribution < 1.29 is 9.36 Å². The molecule has 0 aliphatic heterocycles. The van der Waals surface area contributed by atoms with Crippen molar-refractivity contribution in [2.45, 2.75) is 33.7 Å². The standard InChI is InChI=1S/C14H19N2O/c1-10(2)14(17)16-9-7-13-12(16)6-5-8-15(13)11(3)4/h5-11H,1-4H3/q+1. The zero-order chi connectivity index (χ0) is 12.6. The lowest BCUT2D eigenvalue weighted by molar-refractivity contribution is -0.691. The molecule has 0 unspecified atom stereocenters. The first-order valence-electron chi connectivity index (χ1n) is 6.07. The Labute approximate surface area is 102 Å². The Morgan fingerprint density at radius 1 is 1.24 bits per heavy atom. The van der Waals surface area contributed by atoms with Crippen molar-refractivity contribution in [2.24, 2.45) is 5.92 Å². The number of carbonyl (C=O) groups excluding carboxylic acids is 1. The molecule has 0 N–H and O–H groups in total. The summed E-state index contributed by atoms with van der Waals surface area (Å²) in [6, 6.07) is 6.39. The molecule has 90 valence electrons. The van der Waals surface area contributed by atoms with Gasteiger partial charge in [0.15, 0.2) is 12.2 Å². The zero-order valence-electron chi connectivity index (χ0n) is 10.8. The van der Waals surface area contributed by atoms with Gasteiger partial charge in [-0.1, -0.05) is 13.8 Å². The maximum absolute atomic E-state index is 12.1. The molecule has 17 heavy (non-hydrogen) atoms. The molecule has 0 aliphatic carbocycles. The lowest BCUT2D eigenvalue weighted by Gasteiger charge is -2.06. The topological polar surface area (TPSA) is 25.9 Å². The van der Waals surface area contributed by atoms with Crippen LogP contribution in [-0.4, -0.2) is 10.5 Å². The summed E-state index contributed by atoms with van der Waals surface area (Å²) < 4.78 is 3.93. The van der Waals surface area contributed by atoms with Gasteiger partial charge in [0.05, 0.1) is 0 Å². The Morgan fingerprint density at radius 2 is 1.94 bits per heavy atom. The highest BCUT2D eigenvalue weighted by Crippen LogP contribution is 2.15. The number of fused-ring (bicyclic) bond motifs is 1. The third kappa shape index (κ3) is 1.97. The minimum absolute atomic E-state index is 0.0123. The van der Waals surface area contributed by atoms with Gasteiger partial charge in [0.25, 0.3) is 0 Å². The third-order valence-electron chi connectivity index (χ3n) is 2.97. The summed E-state index contributed by atoms with van der Waals surface area (Å²) in [6.45, 7) is 8.13. The van der Waals surface area contributed by atoms with Gasteiger partial charge in [-0.15, -0.1) is 0 Å². The van der Waals surface area contributed by atoms with Crippen molar-refractivity contribution >= 4 is 16.9 Å². The minimum atomic E-state index is 0.0123. The first-order chi connectivity index (χ1) is 8.02. The first-order valence-corrected chi connectivity index (χ1v) is 6.07. The molecule has 2 aromatic heterocycles. The highest BCUT2D eigenvalue weighted by atomic mass is 16.2. The van der Waals surface area contributed by atoms with Crippen molar-refractivity contribution in [2.75, 3.05) is 0 Å². The average Bonchev–Trinajstić information content (AvgIpc) is 2.70. The first kappa shape index (κ1) is 11.8. The van der Waals surface area contributed by atoms with Gasteiger partial charge in [0, 0.05) is 24.2 Å². The molecule has 0 saturated heterocycles. The molecule has 2 heterocycles. The fourth-order valence-electron chi connectivity index (χ4n) is 2.05. The monoisotopic (exact) mass is 231 g/mol. The Bertz CT molecular complexity index is 552. The Hall–Kier alpha value is -1.64. The van der Waals surface area contributed by atoms with Crippen LogP contribution in [0.2, 0.25) is 0 Å². The fraction of sp³-hybridized carbons (Fsp3) is 0.429. The second kappa shape index (κ2) is 4.32. The summed E-state index contributed by atoms with van der Waals surface area (Å²) in [5, 5.41) is 0. The zero-order valence-corrected chi connectivity index (χ0v) is 10.8. The van der Waals surface area contributed by atoms with Gasteiger partial charge in [-0.05, 0) is 19.9 Å². The number of hydrogen-bond donors (Lipinski definition) is 0. The summed E-state index contributed by atoms with van der Waals surface area (Å²) in [5.41, 5.74) is 2.09. The van der Waals surface area contributed by atoms with Gasteiger partial charge in [-0.3, -0.25) is 9.36 Å². The maximum Gasteiger partial charge on any atom is 0.233 e. The summed E-state index contributed by atoms with van der Waals surface area (Å²) in [6.07, 6.45) is 3.92. The average molecular weight is 231 g/mol. The Balaban J connectivity index is 2.63. The van der Waals surface area contributed by atoms with Crippen molar-refractivity contribution in [3.63, 3.8) is 0 Å². The Kier molecular flexibility index (Phi) is 3.01. The normalized spacial score (nSPS) is 11.6. The van der Waals surface area contributed by atoms with Gasteiger partial charge in [-0.25, -0.2) is 0 Å². The molecule has 0 radical (unpaired) electrons. The third-order valence-corrected chi connectivity index (χ3v) is 2.97. The van der Waals surface area contributed by atoms with Gasteiger partial charge < -0.3 is 0 Å². The van der Waals surface area contributed by atoms with Gasteiger partial charge in [0.2, 0.25) is 11.4 Å². The van der Waals surface area contributed by atoms with E-state index >= 15 is 0 Å². The van der Waals surface area contributed by atoms with E-state index in [1.54, 1.807) is 4.57 Å². The molecule has 0 bridgehead atoms. The van der Waals surface area contributed by atoms with E-state index in [0.717, 1.165) is 11.0 Å². The van der Waals surface area contributed by atoms with E-state index in [2.05, 4.69) is 24.6 Å². The molecule has 3 nitrogen and oxygen atoms in total. The SMILES string of the molecule is CC(C)C(=O)n1ccc2c1ccc[n+]2C(C)C. The van der Waals surface area contributed by atoms with E-state index in [1.807, 2.05) is 38.2 Å². The van der Waals surface area contributed by atoms with E-state index in [1.165, 1.54) is 0 Å². The van der Waals surface area contributed by atoms with Crippen LogP contribution in [0.4, 0.5) is 0 Å². The van der Waals surface area contributed by atoms with E-state index in [4.69, 9.17) is 0 Å². The molecule has 0 saturated carbocycles. The largest absolute Gasteiger partial charge is 0.281 e. The van der Waals surface area contributed by atoms with Crippen LogP contribution in [0.25, 0.3) is 11.0 Å². The molecule has 2 rings (SSSR count). The molecule has 2 aromatic rings. The molecule has 0 aromatic carbocycles. The van der Waals surface area contributed by atoms with Crippen LogP contribution in [0.1, 0.15) is 38.5 Å². The van der Waals surface area contributed by atoms with Gasteiger partial charge >= 0.3 is 0 Å². The lowest BCUT2D eigenvalue weighted by Crippen LogP contribution is -2.36. The summed E-state index contributed by atoms with van der Waals surface area (Å²) in [5.74, 6) is 0.153. The quantitative estimate of drug-likeness (QED) is 0.730. The van der Waals surface area contributed by atoms with Crippen molar-refractivity contribution in [3.8, 4) is 0 Å². The summed E-state index contributed by atoms with van der Waals surface area (Å²) >= 11 is 0. The number of aromatic nitrogens is 2. The smallest absolute Gasteiger partial charge is 0.233 e. The summed E-state index contributed by atoms with van der Waals surface area (Å²) in [7, 11) is 0.